The standard InChI is InChI=1S/C27H26F2N2O2/c28-23-17-24(29)25(16-22(23)20-12-14-30-15-13-20)31-27(33)11-10-26(32)21-8-6-19(7-9-21)18-4-2-1-3-5-18/h1-9,16-17,20,30H,10-15H2,(H,31,33). The third-order valence-electron chi connectivity index (χ3n) is 6.03. The monoisotopic (exact) mass is 448 g/mol. The molecule has 0 saturated carbocycles. The molecule has 2 N–H and O–H groups in total. The second kappa shape index (κ2) is 10.5. The molecule has 4 rings (SSSR count). The molecule has 33 heavy (non-hydrogen) atoms. The molecular weight excluding hydrogens is 422 g/mol. The van der Waals surface area contributed by atoms with Gasteiger partial charge in [-0.2, -0.15) is 0 Å². The maximum Gasteiger partial charge on any atom is 0.224 e. The van der Waals surface area contributed by atoms with Crippen LogP contribution in [-0.2, 0) is 4.79 Å². The van der Waals surface area contributed by atoms with Crippen molar-refractivity contribution in [3.8, 4) is 11.1 Å². The van der Waals surface area contributed by atoms with E-state index < -0.39 is 17.5 Å². The van der Waals surface area contributed by atoms with Crippen LogP contribution in [0.4, 0.5) is 14.5 Å². The van der Waals surface area contributed by atoms with E-state index in [-0.39, 0.29) is 30.2 Å². The predicted molar refractivity (Wildman–Crippen MR) is 125 cm³/mol. The number of hydrogen-bond acceptors (Lipinski definition) is 3. The Morgan fingerprint density at radius 3 is 2.21 bits per heavy atom. The minimum Gasteiger partial charge on any atom is -0.324 e. The molecule has 6 heteroatoms. The van der Waals surface area contributed by atoms with E-state index in [4.69, 9.17) is 0 Å². The molecule has 0 aromatic heterocycles. The fourth-order valence-corrected chi connectivity index (χ4v) is 4.17. The lowest BCUT2D eigenvalue weighted by Gasteiger charge is -2.24. The van der Waals surface area contributed by atoms with E-state index in [1.165, 1.54) is 6.07 Å². The SMILES string of the molecule is O=C(CCC(=O)c1ccc(-c2ccccc2)cc1)Nc1cc(C2CCNCC2)c(F)cc1F. The quantitative estimate of drug-likeness (QED) is 0.456. The van der Waals surface area contributed by atoms with E-state index in [1.54, 1.807) is 12.1 Å². The first-order valence-electron chi connectivity index (χ1n) is 11.2. The number of benzene rings is 3. The number of halogens is 2. The Bertz CT molecular complexity index is 1120. The van der Waals surface area contributed by atoms with Crippen LogP contribution in [-0.4, -0.2) is 24.8 Å². The Hall–Kier alpha value is -3.38. The smallest absolute Gasteiger partial charge is 0.224 e. The number of amides is 1. The molecule has 4 nitrogen and oxygen atoms in total. The summed E-state index contributed by atoms with van der Waals surface area (Å²) in [4.78, 5) is 24.9. The van der Waals surface area contributed by atoms with Crippen molar-refractivity contribution in [3.05, 3.63) is 89.5 Å². The Morgan fingerprint density at radius 2 is 1.52 bits per heavy atom. The molecule has 0 aliphatic carbocycles. The summed E-state index contributed by atoms with van der Waals surface area (Å²) in [5.41, 5.74) is 2.95. The van der Waals surface area contributed by atoms with Gasteiger partial charge in [-0.1, -0.05) is 54.6 Å². The van der Waals surface area contributed by atoms with Crippen molar-refractivity contribution >= 4 is 17.4 Å². The van der Waals surface area contributed by atoms with E-state index in [2.05, 4.69) is 10.6 Å². The number of piperidine rings is 1. The minimum atomic E-state index is -0.818. The first-order valence-corrected chi connectivity index (χ1v) is 11.2. The summed E-state index contributed by atoms with van der Waals surface area (Å²) in [5, 5.41) is 5.72. The lowest BCUT2D eigenvalue weighted by molar-refractivity contribution is -0.116. The maximum atomic E-state index is 14.3. The molecule has 0 unspecified atom stereocenters. The van der Waals surface area contributed by atoms with Gasteiger partial charge in [-0.05, 0) is 54.6 Å². The van der Waals surface area contributed by atoms with E-state index >= 15 is 0 Å². The highest BCUT2D eigenvalue weighted by Gasteiger charge is 2.21. The van der Waals surface area contributed by atoms with Crippen LogP contribution in [0.15, 0.2) is 66.7 Å². The largest absolute Gasteiger partial charge is 0.324 e. The van der Waals surface area contributed by atoms with Gasteiger partial charge in [0.05, 0.1) is 5.69 Å². The van der Waals surface area contributed by atoms with Crippen LogP contribution < -0.4 is 10.6 Å². The van der Waals surface area contributed by atoms with E-state index in [0.717, 1.165) is 43.1 Å². The Morgan fingerprint density at radius 1 is 0.848 bits per heavy atom. The van der Waals surface area contributed by atoms with Crippen molar-refractivity contribution in [2.45, 2.75) is 31.6 Å². The highest BCUT2D eigenvalue weighted by molar-refractivity contribution is 6.00. The molecule has 1 saturated heterocycles. The van der Waals surface area contributed by atoms with Gasteiger partial charge in [-0.3, -0.25) is 9.59 Å². The van der Waals surface area contributed by atoms with Gasteiger partial charge in [-0.25, -0.2) is 8.78 Å². The summed E-state index contributed by atoms with van der Waals surface area (Å²) in [6.45, 7) is 1.55. The molecule has 170 valence electrons. The Balaban J connectivity index is 1.36. The molecule has 1 amide bonds. The molecule has 0 atom stereocenters. The maximum absolute atomic E-state index is 14.3. The van der Waals surface area contributed by atoms with Gasteiger partial charge >= 0.3 is 0 Å². The van der Waals surface area contributed by atoms with Crippen LogP contribution in [0.5, 0.6) is 0 Å². The highest BCUT2D eigenvalue weighted by Crippen LogP contribution is 2.31. The van der Waals surface area contributed by atoms with Crippen molar-refractivity contribution in [2.75, 3.05) is 18.4 Å². The molecule has 0 spiro atoms. The molecule has 1 fully saturated rings. The summed E-state index contributed by atoms with van der Waals surface area (Å²) < 4.78 is 28.6. The summed E-state index contributed by atoms with van der Waals surface area (Å²) in [5.74, 6) is -2.07. The van der Waals surface area contributed by atoms with Gasteiger partial charge in [0.2, 0.25) is 5.91 Å². The number of carbonyl (C=O) groups is 2. The number of hydrogen-bond donors (Lipinski definition) is 2. The van der Waals surface area contributed by atoms with Crippen LogP contribution in [0.1, 0.15) is 47.5 Å². The number of nitrogens with one attached hydrogen (secondary N) is 2. The van der Waals surface area contributed by atoms with Crippen LogP contribution in [0.3, 0.4) is 0 Å². The van der Waals surface area contributed by atoms with Crippen molar-refractivity contribution in [2.24, 2.45) is 0 Å². The topological polar surface area (TPSA) is 58.2 Å². The van der Waals surface area contributed by atoms with E-state index in [9.17, 15) is 18.4 Å². The number of Topliss-reactive ketones (excluding diaryl/α,β-unsaturated/α-hetero) is 1. The van der Waals surface area contributed by atoms with Crippen molar-refractivity contribution in [1.82, 2.24) is 5.32 Å². The average Bonchev–Trinajstić information content (AvgIpc) is 2.85. The van der Waals surface area contributed by atoms with Gasteiger partial charge in [0.25, 0.3) is 0 Å². The molecule has 1 heterocycles. The lowest BCUT2D eigenvalue weighted by atomic mass is 9.89. The van der Waals surface area contributed by atoms with Gasteiger partial charge in [-0.15, -0.1) is 0 Å². The Kier molecular flexibility index (Phi) is 7.25. The van der Waals surface area contributed by atoms with Gasteiger partial charge < -0.3 is 10.6 Å². The summed E-state index contributed by atoms with van der Waals surface area (Å²) in [7, 11) is 0. The van der Waals surface area contributed by atoms with E-state index in [0.29, 0.717) is 11.1 Å². The molecule has 1 aliphatic rings. The zero-order valence-electron chi connectivity index (χ0n) is 18.2. The fourth-order valence-electron chi connectivity index (χ4n) is 4.17. The zero-order valence-corrected chi connectivity index (χ0v) is 18.2. The van der Waals surface area contributed by atoms with Gasteiger partial charge in [0.15, 0.2) is 5.78 Å². The van der Waals surface area contributed by atoms with Crippen LogP contribution in [0.2, 0.25) is 0 Å². The molecule has 3 aromatic rings. The second-order valence-corrected chi connectivity index (χ2v) is 8.29. The first-order chi connectivity index (χ1) is 16.0. The molecule has 0 bridgehead atoms. The molecular formula is C27H26F2N2O2. The normalized spacial score (nSPS) is 14.1. The predicted octanol–water partition coefficient (Wildman–Crippen LogP) is 5.70. The highest BCUT2D eigenvalue weighted by atomic mass is 19.1. The fraction of sp³-hybridized carbons (Fsp3) is 0.259. The molecule has 3 aromatic carbocycles. The van der Waals surface area contributed by atoms with Crippen molar-refractivity contribution in [1.29, 1.82) is 0 Å². The first kappa shape index (κ1) is 22.8. The van der Waals surface area contributed by atoms with Crippen molar-refractivity contribution < 1.29 is 18.4 Å². The average molecular weight is 449 g/mol. The molecule has 1 aliphatic heterocycles. The lowest BCUT2D eigenvalue weighted by Crippen LogP contribution is -2.27. The third kappa shape index (κ3) is 5.71. The third-order valence-corrected chi connectivity index (χ3v) is 6.03. The van der Waals surface area contributed by atoms with Crippen molar-refractivity contribution in [3.63, 3.8) is 0 Å². The zero-order chi connectivity index (χ0) is 23.2. The van der Waals surface area contributed by atoms with Gasteiger partial charge in [0.1, 0.15) is 11.6 Å². The Labute approximate surface area is 192 Å². The van der Waals surface area contributed by atoms with E-state index in [1.807, 2.05) is 42.5 Å². The van der Waals surface area contributed by atoms with Crippen LogP contribution in [0.25, 0.3) is 11.1 Å². The number of ketones is 1. The van der Waals surface area contributed by atoms with Crippen LogP contribution >= 0.6 is 0 Å². The number of carbonyl (C=O) groups excluding carboxylic acids is 2. The number of anilines is 1. The summed E-state index contributed by atoms with van der Waals surface area (Å²) >= 11 is 0. The summed E-state index contributed by atoms with van der Waals surface area (Å²) in [6.07, 6.45) is 1.43. The van der Waals surface area contributed by atoms with Crippen LogP contribution in [0, 0.1) is 11.6 Å². The number of rotatable bonds is 7. The summed E-state index contributed by atoms with van der Waals surface area (Å²) in [6, 6.07) is 19.3. The van der Waals surface area contributed by atoms with Gasteiger partial charge in [0, 0.05) is 24.5 Å². The minimum absolute atomic E-state index is 0.000478. The second-order valence-electron chi connectivity index (χ2n) is 8.29. The molecule has 0 radical (unpaired) electrons.